The molecule has 1 aliphatic rings. The smallest absolute Gasteiger partial charge is 0.260 e. The van der Waals surface area contributed by atoms with Gasteiger partial charge in [-0.05, 0) is 37.5 Å². The molecule has 25 heavy (non-hydrogen) atoms. The molecule has 3 rings (SSSR count). The summed E-state index contributed by atoms with van der Waals surface area (Å²) in [5.74, 6) is 1.68. The van der Waals surface area contributed by atoms with Crippen molar-refractivity contribution in [1.82, 2.24) is 4.90 Å². The summed E-state index contributed by atoms with van der Waals surface area (Å²) in [6.07, 6.45) is 2.15. The van der Waals surface area contributed by atoms with Crippen LogP contribution in [0.2, 0.25) is 0 Å². The summed E-state index contributed by atoms with van der Waals surface area (Å²) in [6.45, 7) is 3.71. The molecular weight excluding hydrogens is 314 g/mol. The van der Waals surface area contributed by atoms with Crippen LogP contribution in [0, 0.1) is 6.92 Å². The topological polar surface area (TPSA) is 38.8 Å². The van der Waals surface area contributed by atoms with E-state index in [4.69, 9.17) is 9.47 Å². The maximum absolute atomic E-state index is 12.6. The molecule has 1 fully saturated rings. The Balaban J connectivity index is 1.60. The number of ether oxygens (including phenoxy) is 2. The van der Waals surface area contributed by atoms with Crippen molar-refractivity contribution in [3.05, 3.63) is 59.7 Å². The molecule has 2 aromatic rings. The minimum atomic E-state index is 0.0308. The Bertz CT molecular complexity index is 729. The van der Waals surface area contributed by atoms with Crippen molar-refractivity contribution in [3.8, 4) is 11.5 Å². The van der Waals surface area contributed by atoms with Crippen molar-refractivity contribution in [3.63, 3.8) is 0 Å². The molecule has 4 nitrogen and oxygen atoms in total. The Morgan fingerprint density at radius 3 is 2.72 bits per heavy atom. The molecule has 1 aliphatic heterocycles. The highest BCUT2D eigenvalue weighted by Crippen LogP contribution is 2.28. The summed E-state index contributed by atoms with van der Waals surface area (Å²) >= 11 is 0. The number of benzene rings is 2. The molecule has 0 aliphatic carbocycles. The van der Waals surface area contributed by atoms with Crippen LogP contribution in [0.5, 0.6) is 11.5 Å². The predicted octanol–water partition coefficient (Wildman–Crippen LogP) is 3.79. The highest BCUT2D eigenvalue weighted by Gasteiger charge is 2.25. The number of para-hydroxylation sites is 2. The average molecular weight is 339 g/mol. The van der Waals surface area contributed by atoms with E-state index in [1.165, 1.54) is 11.1 Å². The zero-order valence-corrected chi connectivity index (χ0v) is 14.9. The van der Waals surface area contributed by atoms with E-state index in [0.29, 0.717) is 17.4 Å². The number of carbonyl (C=O) groups excluding carboxylic acids is 1. The van der Waals surface area contributed by atoms with Gasteiger partial charge in [0, 0.05) is 19.0 Å². The molecule has 0 spiro atoms. The summed E-state index contributed by atoms with van der Waals surface area (Å²) in [5.41, 5.74) is 2.59. The molecule has 0 radical (unpaired) electrons. The second kappa shape index (κ2) is 8.06. The molecule has 0 bridgehead atoms. The van der Waals surface area contributed by atoms with Gasteiger partial charge in [-0.2, -0.15) is 0 Å². The van der Waals surface area contributed by atoms with E-state index in [1.807, 2.05) is 29.2 Å². The van der Waals surface area contributed by atoms with Crippen LogP contribution in [0.3, 0.4) is 0 Å². The van der Waals surface area contributed by atoms with Crippen LogP contribution in [-0.4, -0.2) is 37.6 Å². The van der Waals surface area contributed by atoms with Gasteiger partial charge >= 0.3 is 0 Å². The van der Waals surface area contributed by atoms with Crippen molar-refractivity contribution >= 4 is 5.91 Å². The van der Waals surface area contributed by atoms with E-state index in [1.54, 1.807) is 7.11 Å². The van der Waals surface area contributed by atoms with Crippen molar-refractivity contribution in [2.75, 3.05) is 26.8 Å². The minimum Gasteiger partial charge on any atom is -0.493 e. The van der Waals surface area contributed by atoms with Gasteiger partial charge in [0.25, 0.3) is 5.91 Å². The first kappa shape index (κ1) is 17.3. The largest absolute Gasteiger partial charge is 0.493 e. The van der Waals surface area contributed by atoms with Gasteiger partial charge < -0.3 is 14.4 Å². The Morgan fingerprint density at radius 1 is 1.16 bits per heavy atom. The van der Waals surface area contributed by atoms with Gasteiger partial charge in [-0.25, -0.2) is 0 Å². The molecule has 1 atom stereocenters. The number of aryl methyl sites for hydroxylation is 1. The van der Waals surface area contributed by atoms with Crippen LogP contribution in [0.15, 0.2) is 48.5 Å². The first-order valence-corrected chi connectivity index (χ1v) is 8.77. The van der Waals surface area contributed by atoms with Gasteiger partial charge in [0.1, 0.15) is 0 Å². The molecule has 1 heterocycles. The third kappa shape index (κ3) is 4.32. The van der Waals surface area contributed by atoms with Crippen molar-refractivity contribution in [2.45, 2.75) is 25.7 Å². The van der Waals surface area contributed by atoms with Crippen molar-refractivity contribution in [1.29, 1.82) is 0 Å². The molecule has 0 aromatic heterocycles. The van der Waals surface area contributed by atoms with Gasteiger partial charge in [-0.15, -0.1) is 0 Å². The van der Waals surface area contributed by atoms with E-state index in [0.717, 1.165) is 25.9 Å². The Kier molecular flexibility index (Phi) is 5.59. The fraction of sp³-hybridized carbons (Fsp3) is 0.381. The standard InChI is InChI=1S/C21H25NO3/c1-16-7-5-8-17(13-16)18-9-6-12-22(14-18)21(23)15-25-20-11-4-3-10-19(20)24-2/h3-5,7-8,10-11,13,18H,6,9,12,14-15H2,1-2H3. The van der Waals surface area contributed by atoms with Crippen LogP contribution in [0.4, 0.5) is 0 Å². The molecule has 132 valence electrons. The van der Waals surface area contributed by atoms with Gasteiger partial charge in [0.15, 0.2) is 18.1 Å². The third-order valence-electron chi connectivity index (χ3n) is 4.71. The number of piperidine rings is 1. The molecule has 1 amide bonds. The first-order valence-electron chi connectivity index (χ1n) is 8.77. The summed E-state index contributed by atoms with van der Waals surface area (Å²) in [5, 5.41) is 0. The van der Waals surface area contributed by atoms with Crippen LogP contribution in [0.25, 0.3) is 0 Å². The lowest BCUT2D eigenvalue weighted by Gasteiger charge is -2.33. The number of amides is 1. The summed E-state index contributed by atoms with van der Waals surface area (Å²) in [6, 6.07) is 16.0. The normalized spacial score (nSPS) is 17.2. The SMILES string of the molecule is COc1ccccc1OCC(=O)N1CCCC(c2cccc(C)c2)C1. The minimum absolute atomic E-state index is 0.0308. The molecule has 0 N–H and O–H groups in total. The second-order valence-corrected chi connectivity index (χ2v) is 6.53. The van der Waals surface area contributed by atoms with E-state index >= 15 is 0 Å². The lowest BCUT2D eigenvalue weighted by atomic mass is 9.90. The predicted molar refractivity (Wildman–Crippen MR) is 98.2 cm³/mol. The maximum atomic E-state index is 12.6. The molecule has 2 aromatic carbocycles. The van der Waals surface area contributed by atoms with Crippen LogP contribution < -0.4 is 9.47 Å². The Morgan fingerprint density at radius 2 is 1.96 bits per heavy atom. The average Bonchev–Trinajstić information content (AvgIpc) is 2.66. The molecule has 4 heteroatoms. The summed E-state index contributed by atoms with van der Waals surface area (Å²) < 4.78 is 10.9. The number of hydrogen-bond donors (Lipinski definition) is 0. The molecular formula is C21H25NO3. The number of likely N-dealkylation sites (tertiary alicyclic amines) is 1. The Labute approximate surface area is 149 Å². The summed E-state index contributed by atoms with van der Waals surface area (Å²) in [7, 11) is 1.60. The van der Waals surface area contributed by atoms with E-state index in [9.17, 15) is 4.79 Å². The fourth-order valence-electron chi connectivity index (χ4n) is 3.37. The molecule has 1 saturated heterocycles. The van der Waals surface area contributed by atoms with E-state index in [2.05, 4.69) is 31.2 Å². The monoisotopic (exact) mass is 339 g/mol. The first-order chi connectivity index (χ1) is 12.2. The van der Waals surface area contributed by atoms with Gasteiger partial charge in [0.05, 0.1) is 7.11 Å². The fourth-order valence-corrected chi connectivity index (χ4v) is 3.37. The number of rotatable bonds is 5. The van der Waals surface area contributed by atoms with Gasteiger partial charge in [-0.3, -0.25) is 4.79 Å². The maximum Gasteiger partial charge on any atom is 0.260 e. The highest BCUT2D eigenvalue weighted by molar-refractivity contribution is 5.78. The summed E-state index contributed by atoms with van der Waals surface area (Å²) in [4.78, 5) is 14.5. The third-order valence-corrected chi connectivity index (χ3v) is 4.71. The van der Waals surface area contributed by atoms with E-state index < -0.39 is 0 Å². The zero-order valence-electron chi connectivity index (χ0n) is 14.9. The second-order valence-electron chi connectivity index (χ2n) is 6.53. The quantitative estimate of drug-likeness (QED) is 0.832. The lowest BCUT2D eigenvalue weighted by molar-refractivity contribution is -0.134. The van der Waals surface area contributed by atoms with E-state index in [-0.39, 0.29) is 12.5 Å². The zero-order chi connectivity index (χ0) is 17.6. The number of hydrogen-bond acceptors (Lipinski definition) is 3. The molecule has 0 saturated carbocycles. The van der Waals surface area contributed by atoms with Crippen LogP contribution in [-0.2, 0) is 4.79 Å². The van der Waals surface area contributed by atoms with Gasteiger partial charge in [-0.1, -0.05) is 42.0 Å². The number of nitrogens with zero attached hydrogens (tertiary/aromatic N) is 1. The Hall–Kier alpha value is -2.49. The van der Waals surface area contributed by atoms with Gasteiger partial charge in [0.2, 0.25) is 0 Å². The molecule has 1 unspecified atom stereocenters. The number of methoxy groups -OCH3 is 1. The van der Waals surface area contributed by atoms with Crippen molar-refractivity contribution in [2.24, 2.45) is 0 Å². The number of carbonyl (C=O) groups is 1. The van der Waals surface area contributed by atoms with Crippen LogP contribution in [0.1, 0.15) is 29.9 Å². The lowest BCUT2D eigenvalue weighted by Crippen LogP contribution is -2.41. The highest BCUT2D eigenvalue weighted by atomic mass is 16.5. The van der Waals surface area contributed by atoms with Crippen LogP contribution >= 0.6 is 0 Å². The van der Waals surface area contributed by atoms with Crippen molar-refractivity contribution < 1.29 is 14.3 Å².